The summed E-state index contributed by atoms with van der Waals surface area (Å²) in [5, 5.41) is 7.17. The molecule has 0 atom stereocenters. The lowest BCUT2D eigenvalue weighted by molar-refractivity contribution is -0.112. The monoisotopic (exact) mass is 494 g/mol. The molecule has 0 bridgehead atoms. The van der Waals surface area contributed by atoms with Gasteiger partial charge in [0, 0.05) is 60.8 Å². The van der Waals surface area contributed by atoms with Crippen molar-refractivity contribution in [2.75, 3.05) is 44.5 Å². The van der Waals surface area contributed by atoms with E-state index in [9.17, 15) is 9.18 Å². The van der Waals surface area contributed by atoms with Crippen LogP contribution in [0.2, 0.25) is 0 Å². The number of hydrogen-bond acceptors (Lipinski definition) is 8. The van der Waals surface area contributed by atoms with E-state index in [4.69, 9.17) is 10.5 Å². The van der Waals surface area contributed by atoms with Crippen LogP contribution in [0.1, 0.15) is 18.4 Å². The number of carbonyl (C=O) groups excluding carboxylic acids is 1. The molecule has 1 aromatic carbocycles. The number of ether oxygens (including phenoxy) is 1. The summed E-state index contributed by atoms with van der Waals surface area (Å²) in [6.07, 6.45) is 6.26. The Balaban J connectivity index is 1.71. The van der Waals surface area contributed by atoms with Gasteiger partial charge in [0.1, 0.15) is 11.4 Å². The van der Waals surface area contributed by atoms with Gasteiger partial charge in [-0.2, -0.15) is 5.10 Å². The summed E-state index contributed by atoms with van der Waals surface area (Å²) in [6, 6.07) is 4.10. The van der Waals surface area contributed by atoms with Gasteiger partial charge in [0.05, 0.1) is 25.2 Å². The van der Waals surface area contributed by atoms with Gasteiger partial charge in [0.15, 0.2) is 5.82 Å². The van der Waals surface area contributed by atoms with Crippen molar-refractivity contribution >= 4 is 28.8 Å². The second-order valence-electron chi connectivity index (χ2n) is 9.01. The van der Waals surface area contributed by atoms with Crippen molar-refractivity contribution < 1.29 is 13.9 Å². The molecule has 3 aromatic rings. The Morgan fingerprint density at radius 3 is 2.58 bits per heavy atom. The van der Waals surface area contributed by atoms with Crippen molar-refractivity contribution in [3.05, 3.63) is 48.7 Å². The molecule has 2 aromatic heterocycles. The third-order valence-electron chi connectivity index (χ3n) is 6.44. The lowest BCUT2D eigenvalue weighted by atomic mass is 9.98. The van der Waals surface area contributed by atoms with Crippen molar-refractivity contribution in [1.29, 1.82) is 0 Å². The number of anilines is 3. The third kappa shape index (κ3) is 5.15. The van der Waals surface area contributed by atoms with Crippen molar-refractivity contribution in [2.24, 2.45) is 12.8 Å². The first-order valence-electron chi connectivity index (χ1n) is 11.6. The molecule has 1 aliphatic heterocycles. The maximum Gasteiger partial charge on any atom is 0.248 e. The fourth-order valence-electron chi connectivity index (χ4n) is 4.39. The minimum absolute atomic E-state index is 0.113. The van der Waals surface area contributed by atoms with Crippen molar-refractivity contribution in [1.82, 2.24) is 24.6 Å². The number of carbonyl (C=O) groups is 1. The normalized spacial score (nSPS) is 14.2. The minimum atomic E-state index is -0.618. The van der Waals surface area contributed by atoms with Gasteiger partial charge in [-0.1, -0.05) is 6.58 Å². The SMILES string of the molecule is C=C(C(N)=O)c1cc(Nc2ncc(F)c(-c3cnn(C)c3)n2)c(OC)cc1N1CCC(N(C)C)CC1. The lowest BCUT2D eigenvalue weighted by Gasteiger charge is -2.37. The second-order valence-corrected chi connectivity index (χ2v) is 9.01. The molecule has 3 heterocycles. The maximum atomic E-state index is 14.5. The van der Waals surface area contributed by atoms with Gasteiger partial charge in [-0.25, -0.2) is 14.4 Å². The number of amides is 1. The predicted molar refractivity (Wildman–Crippen MR) is 138 cm³/mol. The fourth-order valence-corrected chi connectivity index (χ4v) is 4.39. The Labute approximate surface area is 209 Å². The summed E-state index contributed by atoms with van der Waals surface area (Å²) in [7, 11) is 7.46. The number of halogens is 1. The minimum Gasteiger partial charge on any atom is -0.494 e. The Morgan fingerprint density at radius 1 is 1.28 bits per heavy atom. The average molecular weight is 495 g/mol. The van der Waals surface area contributed by atoms with E-state index >= 15 is 0 Å². The molecular formula is C25H31FN8O2. The molecule has 0 saturated carbocycles. The molecule has 11 heteroatoms. The summed E-state index contributed by atoms with van der Waals surface area (Å²) < 4.78 is 21.7. The largest absolute Gasteiger partial charge is 0.494 e. The van der Waals surface area contributed by atoms with Gasteiger partial charge in [-0.3, -0.25) is 9.48 Å². The number of nitrogens with two attached hydrogens (primary N) is 1. The van der Waals surface area contributed by atoms with E-state index in [1.54, 1.807) is 31.1 Å². The van der Waals surface area contributed by atoms with E-state index < -0.39 is 11.7 Å². The van der Waals surface area contributed by atoms with Gasteiger partial charge in [0.25, 0.3) is 0 Å². The highest BCUT2D eigenvalue weighted by molar-refractivity contribution is 6.19. The number of aryl methyl sites for hydroxylation is 1. The van der Waals surface area contributed by atoms with Crippen LogP contribution in [0.3, 0.4) is 0 Å². The summed E-state index contributed by atoms with van der Waals surface area (Å²) in [6.45, 7) is 5.55. The highest BCUT2D eigenvalue weighted by Gasteiger charge is 2.25. The van der Waals surface area contributed by atoms with Crippen LogP contribution in [-0.4, -0.2) is 70.9 Å². The zero-order valence-electron chi connectivity index (χ0n) is 21.0. The second kappa shape index (κ2) is 10.3. The van der Waals surface area contributed by atoms with Crippen LogP contribution in [0, 0.1) is 5.82 Å². The van der Waals surface area contributed by atoms with E-state index in [2.05, 4.69) is 50.9 Å². The summed E-state index contributed by atoms with van der Waals surface area (Å²) in [5.41, 5.74) is 8.32. The zero-order chi connectivity index (χ0) is 26.0. The highest BCUT2D eigenvalue weighted by atomic mass is 19.1. The number of rotatable bonds is 8. The predicted octanol–water partition coefficient (Wildman–Crippen LogP) is 2.80. The van der Waals surface area contributed by atoms with E-state index in [0.717, 1.165) is 37.8 Å². The molecule has 0 radical (unpaired) electrons. The van der Waals surface area contributed by atoms with E-state index in [1.807, 2.05) is 6.07 Å². The standard InChI is InChI=1S/C25H31FN8O2/c1-15(24(27)35)18-10-20(22(36-5)11-21(18)34-8-6-17(7-9-34)32(2)3)30-25-28-13-19(26)23(31-25)16-12-29-33(4)14-16/h10-14,17H,1,6-9H2,2-5H3,(H2,27,35)(H,28,30,31). The molecule has 1 aliphatic rings. The van der Waals surface area contributed by atoms with E-state index in [-0.39, 0.29) is 17.2 Å². The lowest BCUT2D eigenvalue weighted by Crippen LogP contribution is -2.42. The van der Waals surface area contributed by atoms with E-state index in [1.165, 1.54) is 6.20 Å². The molecule has 0 unspecified atom stereocenters. The van der Waals surface area contributed by atoms with Crippen LogP contribution < -0.4 is 20.7 Å². The summed E-state index contributed by atoms with van der Waals surface area (Å²) >= 11 is 0. The van der Waals surface area contributed by atoms with Crippen LogP contribution in [0.5, 0.6) is 5.75 Å². The fraction of sp³-hybridized carbons (Fsp3) is 0.360. The molecule has 0 spiro atoms. The highest BCUT2D eigenvalue weighted by Crippen LogP contribution is 2.39. The van der Waals surface area contributed by atoms with Crippen LogP contribution in [0.25, 0.3) is 16.8 Å². The average Bonchev–Trinajstić information content (AvgIpc) is 3.30. The molecule has 1 saturated heterocycles. The smallest absolute Gasteiger partial charge is 0.248 e. The van der Waals surface area contributed by atoms with E-state index in [0.29, 0.717) is 28.6 Å². The molecule has 190 valence electrons. The topological polar surface area (TPSA) is 114 Å². The Kier molecular flexibility index (Phi) is 7.20. The molecule has 1 fully saturated rings. The Hall–Kier alpha value is -3.99. The Morgan fingerprint density at radius 2 is 2.00 bits per heavy atom. The number of benzene rings is 1. The first-order valence-corrected chi connectivity index (χ1v) is 11.6. The number of piperidine rings is 1. The molecule has 4 rings (SSSR count). The number of hydrogen-bond donors (Lipinski definition) is 2. The number of aromatic nitrogens is 4. The van der Waals surface area contributed by atoms with Gasteiger partial charge in [0.2, 0.25) is 11.9 Å². The quantitative estimate of drug-likeness (QED) is 0.460. The third-order valence-corrected chi connectivity index (χ3v) is 6.44. The molecule has 3 N–H and O–H groups in total. The summed E-state index contributed by atoms with van der Waals surface area (Å²) in [4.78, 5) is 25.0. The van der Waals surface area contributed by atoms with Crippen LogP contribution in [0.4, 0.5) is 21.7 Å². The van der Waals surface area contributed by atoms with Gasteiger partial charge in [-0.15, -0.1) is 0 Å². The van der Waals surface area contributed by atoms with Crippen LogP contribution >= 0.6 is 0 Å². The molecular weight excluding hydrogens is 463 g/mol. The van der Waals surface area contributed by atoms with Crippen molar-refractivity contribution in [2.45, 2.75) is 18.9 Å². The first-order chi connectivity index (χ1) is 17.2. The van der Waals surface area contributed by atoms with Gasteiger partial charge in [-0.05, 0) is 33.0 Å². The zero-order valence-corrected chi connectivity index (χ0v) is 21.0. The number of nitrogens with zero attached hydrogens (tertiary/aromatic N) is 6. The van der Waals surface area contributed by atoms with Crippen LogP contribution in [-0.2, 0) is 11.8 Å². The Bertz CT molecular complexity index is 1280. The van der Waals surface area contributed by atoms with Gasteiger partial charge < -0.3 is 25.6 Å². The number of methoxy groups -OCH3 is 1. The van der Waals surface area contributed by atoms with Crippen LogP contribution in [0.15, 0.2) is 37.3 Å². The molecule has 36 heavy (non-hydrogen) atoms. The molecule has 0 aliphatic carbocycles. The maximum absolute atomic E-state index is 14.5. The number of primary amides is 1. The summed E-state index contributed by atoms with van der Waals surface area (Å²) in [5.74, 6) is -0.521. The van der Waals surface area contributed by atoms with Gasteiger partial charge >= 0.3 is 0 Å². The first kappa shape index (κ1) is 25.1. The molecule has 10 nitrogen and oxygen atoms in total. The van der Waals surface area contributed by atoms with Crippen molar-refractivity contribution in [3.63, 3.8) is 0 Å². The molecule has 1 amide bonds. The van der Waals surface area contributed by atoms with Crippen molar-refractivity contribution in [3.8, 4) is 17.0 Å². The number of nitrogens with one attached hydrogen (secondary N) is 1.